The van der Waals surface area contributed by atoms with E-state index in [4.69, 9.17) is 37.4 Å². The van der Waals surface area contributed by atoms with Crippen LogP contribution in [0.2, 0.25) is 10.0 Å². The van der Waals surface area contributed by atoms with Gasteiger partial charge in [0.15, 0.2) is 0 Å². The summed E-state index contributed by atoms with van der Waals surface area (Å²) in [5, 5.41) is 16.3. The molecule has 2 aromatic heterocycles. The molecular weight excluding hydrogens is 457 g/mol. The van der Waals surface area contributed by atoms with E-state index < -0.39 is 5.79 Å². The molecule has 0 radical (unpaired) electrons. The minimum Gasteiger partial charge on any atom is -0.491 e. The summed E-state index contributed by atoms with van der Waals surface area (Å²) in [5.41, 5.74) is 1.49. The smallest absolute Gasteiger partial charge is 0.217 e. The van der Waals surface area contributed by atoms with Gasteiger partial charge < -0.3 is 14.2 Å². The molecule has 0 spiro atoms. The third-order valence-corrected chi connectivity index (χ3v) is 5.47. The highest BCUT2D eigenvalue weighted by molar-refractivity contribution is 6.35. The molecule has 5 rings (SSSR count). The van der Waals surface area contributed by atoms with Gasteiger partial charge in [0.05, 0.1) is 17.3 Å². The summed E-state index contributed by atoms with van der Waals surface area (Å²) in [7, 11) is 0. The van der Waals surface area contributed by atoms with Crippen LogP contribution >= 0.6 is 23.2 Å². The molecule has 0 N–H and O–H groups in total. The van der Waals surface area contributed by atoms with Crippen molar-refractivity contribution in [3.63, 3.8) is 0 Å². The van der Waals surface area contributed by atoms with Crippen LogP contribution in [0.4, 0.5) is 0 Å². The van der Waals surface area contributed by atoms with Gasteiger partial charge in [0.25, 0.3) is 0 Å². The lowest BCUT2D eigenvalue weighted by molar-refractivity contribution is -0.190. The fourth-order valence-corrected chi connectivity index (χ4v) is 4.00. The van der Waals surface area contributed by atoms with Crippen molar-refractivity contribution in [2.24, 2.45) is 0 Å². The maximum atomic E-state index is 6.48. The summed E-state index contributed by atoms with van der Waals surface area (Å²) in [5.74, 6) is -0.461. The molecule has 0 aliphatic carbocycles. The molecular formula is C20H17Cl2N7O3. The van der Waals surface area contributed by atoms with Crippen LogP contribution in [0.15, 0.2) is 61.4 Å². The van der Waals surface area contributed by atoms with Crippen LogP contribution in [-0.4, -0.2) is 54.3 Å². The van der Waals surface area contributed by atoms with Crippen molar-refractivity contribution in [1.29, 1.82) is 0 Å². The molecule has 2 aromatic carbocycles. The molecule has 4 aromatic rings. The standard InChI is InChI=1S/C20H17Cl2N7O3/c21-14-1-6-18(19(22)7-14)20(10-28-12-23-11-25-28)31-9-17(32-20)8-30-16-4-2-15(3-5-16)29-13-24-26-27-29/h1-7,11-13,17H,8-10H2. The van der Waals surface area contributed by atoms with Crippen LogP contribution in [0.1, 0.15) is 5.56 Å². The largest absolute Gasteiger partial charge is 0.491 e. The predicted octanol–water partition coefficient (Wildman–Crippen LogP) is 2.91. The van der Waals surface area contributed by atoms with E-state index in [2.05, 4.69) is 25.6 Å². The van der Waals surface area contributed by atoms with E-state index in [1.54, 1.807) is 33.9 Å². The van der Waals surface area contributed by atoms with E-state index in [9.17, 15) is 0 Å². The van der Waals surface area contributed by atoms with Crippen molar-refractivity contribution < 1.29 is 14.2 Å². The Morgan fingerprint density at radius 3 is 2.72 bits per heavy atom. The number of aromatic nitrogens is 7. The van der Waals surface area contributed by atoms with Gasteiger partial charge in [0.2, 0.25) is 5.79 Å². The summed E-state index contributed by atoms with van der Waals surface area (Å²) < 4.78 is 21.6. The van der Waals surface area contributed by atoms with E-state index in [0.29, 0.717) is 28.0 Å². The highest BCUT2D eigenvalue weighted by atomic mass is 35.5. The Kier molecular flexibility index (Phi) is 5.75. The Morgan fingerprint density at radius 2 is 2.00 bits per heavy atom. The Morgan fingerprint density at radius 1 is 1.12 bits per heavy atom. The minimum atomic E-state index is -1.15. The van der Waals surface area contributed by atoms with Crippen molar-refractivity contribution in [3.05, 3.63) is 77.1 Å². The molecule has 2 atom stereocenters. The topological polar surface area (TPSA) is 102 Å². The van der Waals surface area contributed by atoms with Crippen LogP contribution in [0.5, 0.6) is 5.75 Å². The van der Waals surface area contributed by atoms with Gasteiger partial charge in [-0.1, -0.05) is 29.3 Å². The first-order valence-corrected chi connectivity index (χ1v) is 10.4. The Balaban J connectivity index is 1.30. The fraction of sp³-hybridized carbons (Fsp3) is 0.250. The number of benzene rings is 2. The lowest BCUT2D eigenvalue weighted by Crippen LogP contribution is -2.35. The number of tetrazole rings is 1. The first-order chi connectivity index (χ1) is 15.6. The molecule has 32 heavy (non-hydrogen) atoms. The molecule has 0 bridgehead atoms. The number of hydrogen-bond donors (Lipinski definition) is 0. The summed E-state index contributed by atoms with van der Waals surface area (Å²) in [4.78, 5) is 3.99. The van der Waals surface area contributed by atoms with Crippen LogP contribution in [0, 0.1) is 0 Å². The number of rotatable bonds is 7. The van der Waals surface area contributed by atoms with Gasteiger partial charge in [0.1, 0.15) is 44.0 Å². The second-order valence-electron chi connectivity index (χ2n) is 7.08. The second-order valence-corrected chi connectivity index (χ2v) is 7.92. The van der Waals surface area contributed by atoms with Crippen molar-refractivity contribution in [2.45, 2.75) is 18.4 Å². The van der Waals surface area contributed by atoms with Gasteiger partial charge in [-0.05, 0) is 46.8 Å². The molecule has 3 heterocycles. The number of ether oxygens (including phenoxy) is 3. The van der Waals surface area contributed by atoms with Gasteiger partial charge in [-0.25, -0.2) is 14.3 Å². The van der Waals surface area contributed by atoms with Crippen LogP contribution < -0.4 is 4.74 Å². The maximum Gasteiger partial charge on any atom is 0.217 e. The van der Waals surface area contributed by atoms with Crippen LogP contribution in [-0.2, 0) is 21.8 Å². The summed E-state index contributed by atoms with van der Waals surface area (Å²) in [6, 6.07) is 12.6. The molecule has 12 heteroatoms. The van der Waals surface area contributed by atoms with E-state index >= 15 is 0 Å². The monoisotopic (exact) mass is 473 g/mol. The van der Waals surface area contributed by atoms with Gasteiger partial charge in [-0.15, -0.1) is 5.10 Å². The van der Waals surface area contributed by atoms with E-state index in [1.807, 2.05) is 24.3 Å². The Bertz CT molecular complexity index is 1170. The zero-order chi connectivity index (χ0) is 22.0. The molecule has 1 aliphatic rings. The van der Waals surface area contributed by atoms with Gasteiger partial charge >= 0.3 is 0 Å². The fourth-order valence-electron chi connectivity index (χ4n) is 3.45. The molecule has 0 saturated carbocycles. The van der Waals surface area contributed by atoms with E-state index in [-0.39, 0.29) is 19.3 Å². The number of halogens is 2. The Hall–Kier alpha value is -3.05. The van der Waals surface area contributed by atoms with Crippen LogP contribution in [0.25, 0.3) is 5.69 Å². The average molecular weight is 474 g/mol. The van der Waals surface area contributed by atoms with Gasteiger partial charge in [-0.3, -0.25) is 0 Å². The molecule has 10 nitrogen and oxygen atoms in total. The zero-order valence-corrected chi connectivity index (χ0v) is 18.1. The van der Waals surface area contributed by atoms with Crippen molar-refractivity contribution >= 4 is 23.2 Å². The first-order valence-electron chi connectivity index (χ1n) is 9.67. The summed E-state index contributed by atoms with van der Waals surface area (Å²) >= 11 is 12.6. The molecule has 1 aliphatic heterocycles. The van der Waals surface area contributed by atoms with Crippen molar-refractivity contribution in [2.75, 3.05) is 13.2 Å². The maximum absolute atomic E-state index is 6.48. The van der Waals surface area contributed by atoms with Crippen LogP contribution in [0.3, 0.4) is 0 Å². The quantitative estimate of drug-likeness (QED) is 0.403. The van der Waals surface area contributed by atoms with Gasteiger partial charge in [0, 0.05) is 10.6 Å². The lowest BCUT2D eigenvalue weighted by atomic mass is 10.1. The Labute approximate surface area is 192 Å². The summed E-state index contributed by atoms with van der Waals surface area (Å²) in [6.07, 6.45) is 4.24. The molecule has 0 amide bonds. The van der Waals surface area contributed by atoms with Crippen molar-refractivity contribution in [1.82, 2.24) is 35.0 Å². The number of hydrogen-bond acceptors (Lipinski definition) is 8. The molecule has 1 fully saturated rings. The van der Waals surface area contributed by atoms with Crippen molar-refractivity contribution in [3.8, 4) is 11.4 Å². The second kappa shape index (κ2) is 8.83. The summed E-state index contributed by atoms with van der Waals surface area (Å²) in [6.45, 7) is 0.871. The lowest BCUT2D eigenvalue weighted by Gasteiger charge is -2.29. The third kappa shape index (κ3) is 4.30. The molecule has 1 saturated heterocycles. The minimum absolute atomic E-state index is 0.269. The van der Waals surface area contributed by atoms with Gasteiger partial charge in [-0.2, -0.15) is 5.10 Å². The zero-order valence-electron chi connectivity index (χ0n) is 16.6. The molecule has 2 unspecified atom stereocenters. The van der Waals surface area contributed by atoms with E-state index in [1.165, 1.54) is 12.7 Å². The normalized spacial score (nSPS) is 20.5. The predicted molar refractivity (Wildman–Crippen MR) is 114 cm³/mol. The van der Waals surface area contributed by atoms with E-state index in [0.717, 1.165) is 5.69 Å². The number of nitrogens with zero attached hydrogens (tertiary/aromatic N) is 7. The average Bonchev–Trinajstić information content (AvgIpc) is 3.56. The SMILES string of the molecule is Clc1ccc(C2(Cn3cncn3)OCC(COc3ccc(-n4cnnn4)cc3)O2)c(Cl)c1. The highest BCUT2D eigenvalue weighted by Crippen LogP contribution is 2.40. The molecule has 164 valence electrons. The first kappa shape index (κ1) is 20.8. The highest BCUT2D eigenvalue weighted by Gasteiger charge is 2.45. The third-order valence-electron chi connectivity index (χ3n) is 4.92.